The highest BCUT2D eigenvalue weighted by Gasteiger charge is 2.25. The van der Waals surface area contributed by atoms with Crippen LogP contribution in [-0.2, 0) is 0 Å². The molecule has 0 amide bonds. The minimum absolute atomic E-state index is 0.175. The van der Waals surface area contributed by atoms with E-state index in [-0.39, 0.29) is 12.6 Å². The maximum atomic E-state index is 9.41. The molecule has 0 aromatic rings. The molecule has 0 aromatic heterocycles. The Bertz CT molecular complexity index is 258. The van der Waals surface area contributed by atoms with E-state index in [1.165, 1.54) is 0 Å². The van der Waals surface area contributed by atoms with E-state index in [4.69, 9.17) is 23.1 Å². The molecule has 1 rings (SSSR count). The van der Waals surface area contributed by atoms with Crippen LogP contribution in [0.1, 0.15) is 19.8 Å². The molecule has 0 aromatic carbocycles. The summed E-state index contributed by atoms with van der Waals surface area (Å²) in [5.41, 5.74) is 5.79. The first kappa shape index (κ1) is 15.8. The van der Waals surface area contributed by atoms with Crippen molar-refractivity contribution in [3.63, 3.8) is 0 Å². The van der Waals surface area contributed by atoms with Crippen LogP contribution in [0.15, 0.2) is 0 Å². The van der Waals surface area contributed by atoms with Crippen LogP contribution in [0.3, 0.4) is 0 Å². The Morgan fingerprint density at radius 3 is 2.39 bits per heavy atom. The summed E-state index contributed by atoms with van der Waals surface area (Å²) in [4.78, 5) is 5.08. The molecular formula is C12H25N3O2S. The summed E-state index contributed by atoms with van der Waals surface area (Å²) in [6.45, 7) is 6.11. The fourth-order valence-corrected chi connectivity index (χ4v) is 2.66. The second kappa shape index (κ2) is 8.01. The van der Waals surface area contributed by atoms with Gasteiger partial charge in [0.05, 0.1) is 23.7 Å². The van der Waals surface area contributed by atoms with Crippen LogP contribution in [0.5, 0.6) is 0 Å². The molecule has 2 atom stereocenters. The van der Waals surface area contributed by atoms with Crippen molar-refractivity contribution in [3.8, 4) is 0 Å². The molecule has 1 fully saturated rings. The number of aliphatic hydroxyl groups excluding tert-OH is 2. The zero-order chi connectivity index (χ0) is 13.5. The van der Waals surface area contributed by atoms with E-state index in [1.54, 1.807) is 0 Å². The summed E-state index contributed by atoms with van der Waals surface area (Å²) in [7, 11) is 0. The molecule has 6 heteroatoms. The van der Waals surface area contributed by atoms with Crippen LogP contribution >= 0.6 is 12.2 Å². The summed E-state index contributed by atoms with van der Waals surface area (Å²) < 4.78 is 0. The molecule has 1 heterocycles. The van der Waals surface area contributed by atoms with E-state index in [9.17, 15) is 5.11 Å². The van der Waals surface area contributed by atoms with Gasteiger partial charge in [-0.1, -0.05) is 25.6 Å². The first-order valence-electron chi connectivity index (χ1n) is 6.63. The summed E-state index contributed by atoms with van der Waals surface area (Å²) in [5.74, 6) is 0. The predicted octanol–water partition coefficient (Wildman–Crippen LogP) is -0.588. The Labute approximate surface area is 115 Å². The van der Waals surface area contributed by atoms with Gasteiger partial charge in [0.1, 0.15) is 0 Å². The second-order valence-corrected chi connectivity index (χ2v) is 5.35. The fraction of sp³-hybridized carbons (Fsp3) is 0.917. The normalized spacial score (nSPS) is 21.7. The summed E-state index contributed by atoms with van der Waals surface area (Å²) in [6.07, 6.45) is 1.44. The van der Waals surface area contributed by atoms with Gasteiger partial charge in [-0.2, -0.15) is 0 Å². The van der Waals surface area contributed by atoms with Crippen molar-refractivity contribution in [1.82, 2.24) is 9.80 Å². The number of nitrogens with two attached hydrogens (primary N) is 1. The first-order chi connectivity index (χ1) is 8.58. The van der Waals surface area contributed by atoms with Crippen molar-refractivity contribution in [2.45, 2.75) is 31.9 Å². The Balaban J connectivity index is 2.39. The lowest BCUT2D eigenvalue weighted by Crippen LogP contribution is -2.54. The van der Waals surface area contributed by atoms with Crippen molar-refractivity contribution in [3.05, 3.63) is 0 Å². The smallest absolute Gasteiger partial charge is 0.0902 e. The zero-order valence-corrected chi connectivity index (χ0v) is 11.9. The molecule has 5 nitrogen and oxygen atoms in total. The predicted molar refractivity (Wildman–Crippen MR) is 76.6 cm³/mol. The van der Waals surface area contributed by atoms with Gasteiger partial charge >= 0.3 is 0 Å². The number of β-amino-alcohol motifs (C(OH)–C–C–N with tert-alkyl or cyclic N) is 1. The third-order valence-corrected chi connectivity index (χ3v) is 3.69. The maximum Gasteiger partial charge on any atom is 0.0902 e. The number of hydrogen-bond acceptors (Lipinski definition) is 5. The first-order valence-corrected chi connectivity index (χ1v) is 7.04. The monoisotopic (exact) mass is 275 g/mol. The lowest BCUT2D eigenvalue weighted by molar-refractivity contribution is 0.0358. The lowest BCUT2D eigenvalue weighted by atomic mass is 10.1. The molecule has 2 unspecified atom stereocenters. The van der Waals surface area contributed by atoms with Gasteiger partial charge in [-0.3, -0.25) is 9.80 Å². The Morgan fingerprint density at radius 2 is 1.94 bits per heavy atom. The highest BCUT2D eigenvalue weighted by atomic mass is 32.1. The minimum atomic E-state index is -0.640. The summed E-state index contributed by atoms with van der Waals surface area (Å²) in [5, 5.41) is 18.2. The van der Waals surface area contributed by atoms with E-state index in [1.807, 2.05) is 0 Å². The van der Waals surface area contributed by atoms with E-state index in [2.05, 4.69) is 16.7 Å². The van der Waals surface area contributed by atoms with Crippen LogP contribution < -0.4 is 5.73 Å². The van der Waals surface area contributed by atoms with Gasteiger partial charge in [0, 0.05) is 32.7 Å². The van der Waals surface area contributed by atoms with E-state index in [0.717, 1.165) is 39.0 Å². The van der Waals surface area contributed by atoms with Crippen molar-refractivity contribution in [2.75, 3.05) is 39.3 Å². The van der Waals surface area contributed by atoms with Gasteiger partial charge in [0.2, 0.25) is 0 Å². The summed E-state index contributed by atoms with van der Waals surface area (Å²) in [6, 6.07) is 0.204. The van der Waals surface area contributed by atoms with E-state index in [0.29, 0.717) is 11.5 Å². The summed E-state index contributed by atoms with van der Waals surface area (Å²) >= 11 is 5.13. The Hall–Kier alpha value is -0.270. The maximum absolute atomic E-state index is 9.41. The topological polar surface area (TPSA) is 73.0 Å². The molecule has 0 radical (unpaired) electrons. The van der Waals surface area contributed by atoms with Gasteiger partial charge in [0.25, 0.3) is 0 Å². The van der Waals surface area contributed by atoms with Crippen LogP contribution in [0, 0.1) is 0 Å². The highest BCUT2D eigenvalue weighted by molar-refractivity contribution is 7.80. The van der Waals surface area contributed by atoms with Gasteiger partial charge in [0.15, 0.2) is 0 Å². The highest BCUT2D eigenvalue weighted by Crippen LogP contribution is 2.12. The van der Waals surface area contributed by atoms with Crippen LogP contribution in [0.2, 0.25) is 0 Å². The quantitative estimate of drug-likeness (QED) is 0.540. The van der Waals surface area contributed by atoms with Crippen molar-refractivity contribution < 1.29 is 10.2 Å². The van der Waals surface area contributed by atoms with Gasteiger partial charge in [-0.25, -0.2) is 0 Å². The minimum Gasteiger partial charge on any atom is -0.394 e. The van der Waals surface area contributed by atoms with Gasteiger partial charge in [-0.05, 0) is 6.42 Å². The molecule has 1 saturated heterocycles. The number of nitrogens with zero attached hydrogens (tertiary/aromatic N) is 2. The van der Waals surface area contributed by atoms with Crippen molar-refractivity contribution in [2.24, 2.45) is 5.73 Å². The van der Waals surface area contributed by atoms with E-state index < -0.39 is 6.10 Å². The molecule has 0 spiro atoms. The lowest BCUT2D eigenvalue weighted by Gasteiger charge is -2.39. The molecule has 1 aliphatic heterocycles. The van der Waals surface area contributed by atoms with Crippen molar-refractivity contribution >= 4 is 17.2 Å². The molecule has 1 aliphatic rings. The van der Waals surface area contributed by atoms with Gasteiger partial charge in [-0.15, -0.1) is 0 Å². The fourth-order valence-electron chi connectivity index (χ4n) is 2.39. The molecule has 106 valence electrons. The number of hydrogen-bond donors (Lipinski definition) is 3. The zero-order valence-electron chi connectivity index (χ0n) is 11.1. The molecule has 4 N–H and O–H groups in total. The van der Waals surface area contributed by atoms with Crippen LogP contribution in [0.25, 0.3) is 0 Å². The standard InChI is InChI=1S/C12H25N3O2S/c1-2-3-11(12(13)18)15-6-4-14(5-7-15)8-10(17)9-16/h10-11,16-17H,2-9H2,1H3,(H2,13,18). The third-order valence-electron chi connectivity index (χ3n) is 3.42. The Morgan fingerprint density at radius 1 is 1.33 bits per heavy atom. The average molecular weight is 275 g/mol. The number of aliphatic hydroxyl groups is 2. The average Bonchev–Trinajstić information content (AvgIpc) is 2.36. The van der Waals surface area contributed by atoms with E-state index >= 15 is 0 Å². The van der Waals surface area contributed by atoms with Crippen molar-refractivity contribution in [1.29, 1.82) is 0 Å². The molecule has 18 heavy (non-hydrogen) atoms. The van der Waals surface area contributed by atoms with Gasteiger partial charge < -0.3 is 15.9 Å². The Kier molecular flexibility index (Phi) is 7.03. The third kappa shape index (κ3) is 4.78. The molecular weight excluding hydrogens is 250 g/mol. The number of piperazine rings is 1. The van der Waals surface area contributed by atoms with Crippen LogP contribution in [-0.4, -0.2) is 76.5 Å². The number of rotatable bonds is 7. The molecule has 0 aliphatic carbocycles. The SMILES string of the molecule is CCCC(C(N)=S)N1CCN(CC(O)CO)CC1. The second-order valence-electron chi connectivity index (χ2n) is 4.88. The number of thiocarbonyl (C=S) groups is 1. The molecule has 0 saturated carbocycles. The molecule has 0 bridgehead atoms. The largest absolute Gasteiger partial charge is 0.394 e. The van der Waals surface area contributed by atoms with Crippen LogP contribution in [0.4, 0.5) is 0 Å².